The number of oxazole rings is 1. The molecule has 0 aliphatic carbocycles. The average molecular weight is 441 g/mol. The van der Waals surface area contributed by atoms with Crippen LogP contribution in [0.3, 0.4) is 0 Å². The molecule has 0 aromatic carbocycles. The highest BCUT2D eigenvalue weighted by Gasteiger charge is 2.29. The van der Waals surface area contributed by atoms with Crippen molar-refractivity contribution in [3.8, 4) is 17.7 Å². The number of nitrogens with zero attached hydrogens (tertiary/aromatic N) is 5. The van der Waals surface area contributed by atoms with Crippen molar-refractivity contribution in [3.05, 3.63) is 24.1 Å². The van der Waals surface area contributed by atoms with Crippen LogP contribution >= 0.6 is 0 Å². The van der Waals surface area contributed by atoms with Gasteiger partial charge in [0.25, 0.3) is 5.89 Å². The summed E-state index contributed by atoms with van der Waals surface area (Å²) in [5, 5.41) is 12.5. The first kappa shape index (κ1) is 22.4. The van der Waals surface area contributed by atoms with Crippen LogP contribution in [0.25, 0.3) is 11.7 Å². The zero-order valence-corrected chi connectivity index (χ0v) is 18.8. The van der Waals surface area contributed by atoms with E-state index in [0.29, 0.717) is 30.6 Å². The number of rotatable bonds is 8. The molecule has 4 rings (SSSR count). The molecule has 0 saturated carbocycles. The van der Waals surface area contributed by atoms with Gasteiger partial charge in [-0.3, -0.25) is 4.79 Å². The van der Waals surface area contributed by atoms with Gasteiger partial charge in [-0.2, -0.15) is 10.2 Å². The molecule has 9 nitrogen and oxygen atoms in total. The van der Waals surface area contributed by atoms with Crippen LogP contribution in [0.2, 0.25) is 0 Å². The summed E-state index contributed by atoms with van der Waals surface area (Å²) in [6.45, 7) is 7.73. The summed E-state index contributed by atoms with van der Waals surface area (Å²) in [5.74, 6) is 1.40. The second-order valence-corrected chi connectivity index (χ2v) is 8.67. The standard InChI is InChI=1S/C23H32N6O3/c1-27-12-14-28(15-13-27)9-3-2-8-25-21(30)18-6-10-29(11-7-18)23-19(17-24)26-22(32-23)20-5-4-16-31-20/h4-5,16,18H,2-3,6-15H2,1H3,(H,25,30). The Morgan fingerprint density at radius 1 is 1.22 bits per heavy atom. The van der Waals surface area contributed by atoms with E-state index in [1.807, 2.05) is 4.90 Å². The van der Waals surface area contributed by atoms with Crippen molar-refractivity contribution in [2.24, 2.45) is 5.92 Å². The third-order valence-corrected chi connectivity index (χ3v) is 6.40. The molecule has 2 aliphatic heterocycles. The monoisotopic (exact) mass is 440 g/mol. The van der Waals surface area contributed by atoms with Crippen molar-refractivity contribution in [3.63, 3.8) is 0 Å². The fourth-order valence-corrected chi connectivity index (χ4v) is 4.34. The molecule has 4 heterocycles. The largest absolute Gasteiger partial charge is 0.459 e. The Balaban J connectivity index is 1.18. The zero-order valence-electron chi connectivity index (χ0n) is 18.8. The molecule has 0 spiro atoms. The normalized spacial score (nSPS) is 18.6. The van der Waals surface area contributed by atoms with Gasteiger partial charge in [-0.15, -0.1) is 0 Å². The van der Waals surface area contributed by atoms with Crippen LogP contribution in [-0.2, 0) is 4.79 Å². The number of piperidine rings is 1. The Bertz CT molecular complexity index is 903. The fraction of sp³-hybridized carbons (Fsp3) is 0.609. The summed E-state index contributed by atoms with van der Waals surface area (Å²) in [6.07, 6.45) is 5.13. The van der Waals surface area contributed by atoms with E-state index in [0.717, 1.165) is 65.0 Å². The molecular weight excluding hydrogens is 408 g/mol. The van der Waals surface area contributed by atoms with Crippen molar-refractivity contribution in [1.29, 1.82) is 5.26 Å². The number of nitrogens with one attached hydrogen (secondary N) is 1. The molecule has 0 atom stereocenters. The minimum Gasteiger partial charge on any atom is -0.459 e. The summed E-state index contributed by atoms with van der Waals surface area (Å²) in [7, 11) is 2.17. The van der Waals surface area contributed by atoms with Gasteiger partial charge in [0.15, 0.2) is 5.76 Å². The van der Waals surface area contributed by atoms with E-state index >= 15 is 0 Å². The van der Waals surface area contributed by atoms with Gasteiger partial charge in [0.1, 0.15) is 6.07 Å². The highest BCUT2D eigenvalue weighted by molar-refractivity contribution is 5.79. The molecule has 2 aromatic rings. The number of carbonyl (C=O) groups excluding carboxylic acids is 1. The molecule has 0 unspecified atom stereocenters. The van der Waals surface area contributed by atoms with Crippen LogP contribution in [0, 0.1) is 17.2 Å². The van der Waals surface area contributed by atoms with Crippen molar-refractivity contribution in [2.75, 3.05) is 64.3 Å². The molecule has 2 fully saturated rings. The Morgan fingerprint density at radius 2 is 2.00 bits per heavy atom. The SMILES string of the molecule is CN1CCN(CCCCNC(=O)C2CCN(c3oc(-c4ccco4)nc3C#N)CC2)CC1. The number of unbranched alkanes of at least 4 members (excludes halogenated alkanes) is 1. The molecule has 1 amide bonds. The van der Waals surface area contributed by atoms with Crippen molar-refractivity contribution in [1.82, 2.24) is 20.1 Å². The smallest absolute Gasteiger partial charge is 0.266 e. The highest BCUT2D eigenvalue weighted by atomic mass is 16.4. The van der Waals surface area contributed by atoms with Crippen LogP contribution in [0.5, 0.6) is 0 Å². The highest BCUT2D eigenvalue weighted by Crippen LogP contribution is 2.31. The minimum absolute atomic E-state index is 0.00174. The number of nitriles is 1. The first-order valence-electron chi connectivity index (χ1n) is 11.5. The topological polar surface area (TPSA) is 102 Å². The molecule has 172 valence electrons. The van der Waals surface area contributed by atoms with Crippen LogP contribution in [-0.4, -0.2) is 80.1 Å². The average Bonchev–Trinajstić information content (AvgIpc) is 3.50. The molecule has 32 heavy (non-hydrogen) atoms. The number of amides is 1. The van der Waals surface area contributed by atoms with Crippen molar-refractivity contribution in [2.45, 2.75) is 25.7 Å². The van der Waals surface area contributed by atoms with Gasteiger partial charge in [0.2, 0.25) is 17.5 Å². The van der Waals surface area contributed by atoms with Gasteiger partial charge in [-0.05, 0) is 51.4 Å². The summed E-state index contributed by atoms with van der Waals surface area (Å²) in [6, 6.07) is 5.60. The lowest BCUT2D eigenvalue weighted by Crippen LogP contribution is -2.44. The Hall–Kier alpha value is -2.83. The summed E-state index contributed by atoms with van der Waals surface area (Å²) >= 11 is 0. The first-order valence-corrected chi connectivity index (χ1v) is 11.5. The van der Waals surface area contributed by atoms with E-state index in [9.17, 15) is 10.1 Å². The van der Waals surface area contributed by atoms with Crippen molar-refractivity contribution < 1.29 is 13.6 Å². The number of piperazine rings is 1. The third kappa shape index (κ3) is 5.50. The van der Waals surface area contributed by atoms with E-state index < -0.39 is 0 Å². The summed E-state index contributed by atoms with van der Waals surface area (Å²) < 4.78 is 11.1. The molecule has 0 bridgehead atoms. The predicted octanol–water partition coefficient (Wildman–Crippen LogP) is 2.17. The maximum atomic E-state index is 12.6. The van der Waals surface area contributed by atoms with Gasteiger partial charge < -0.3 is 28.9 Å². The van der Waals surface area contributed by atoms with E-state index in [-0.39, 0.29) is 17.5 Å². The number of carbonyl (C=O) groups is 1. The Morgan fingerprint density at radius 3 is 2.69 bits per heavy atom. The van der Waals surface area contributed by atoms with E-state index in [1.54, 1.807) is 18.4 Å². The van der Waals surface area contributed by atoms with Gasteiger partial charge in [0.05, 0.1) is 6.26 Å². The van der Waals surface area contributed by atoms with E-state index in [4.69, 9.17) is 8.83 Å². The number of anilines is 1. The maximum absolute atomic E-state index is 12.6. The number of aromatic nitrogens is 1. The Kier molecular flexibility index (Phi) is 7.45. The second kappa shape index (κ2) is 10.7. The molecule has 2 aromatic heterocycles. The summed E-state index contributed by atoms with van der Waals surface area (Å²) in [5.41, 5.74) is 0.250. The third-order valence-electron chi connectivity index (χ3n) is 6.40. The quantitative estimate of drug-likeness (QED) is 0.623. The zero-order chi connectivity index (χ0) is 22.3. The molecule has 9 heteroatoms. The van der Waals surface area contributed by atoms with Gasteiger partial charge >= 0.3 is 0 Å². The summed E-state index contributed by atoms with van der Waals surface area (Å²) in [4.78, 5) is 23.7. The lowest BCUT2D eigenvalue weighted by molar-refractivity contribution is -0.125. The number of hydrogen-bond donors (Lipinski definition) is 1. The predicted molar refractivity (Wildman–Crippen MR) is 120 cm³/mol. The fourth-order valence-electron chi connectivity index (χ4n) is 4.34. The molecule has 2 aliphatic rings. The second-order valence-electron chi connectivity index (χ2n) is 8.67. The van der Waals surface area contributed by atoms with Gasteiger partial charge in [-0.1, -0.05) is 0 Å². The van der Waals surface area contributed by atoms with Gasteiger partial charge in [-0.25, -0.2) is 0 Å². The van der Waals surface area contributed by atoms with Crippen LogP contribution in [0.15, 0.2) is 27.2 Å². The molecule has 2 saturated heterocycles. The van der Waals surface area contributed by atoms with E-state index in [2.05, 4.69) is 33.2 Å². The van der Waals surface area contributed by atoms with Crippen LogP contribution < -0.4 is 10.2 Å². The first-order chi connectivity index (χ1) is 15.6. The lowest BCUT2D eigenvalue weighted by atomic mass is 9.96. The minimum atomic E-state index is 0.00174. The Labute approximate surface area is 189 Å². The molecule has 1 N–H and O–H groups in total. The van der Waals surface area contributed by atoms with Gasteiger partial charge in [0, 0.05) is 51.7 Å². The van der Waals surface area contributed by atoms with Crippen LogP contribution in [0.4, 0.5) is 5.88 Å². The lowest BCUT2D eigenvalue weighted by Gasteiger charge is -2.32. The van der Waals surface area contributed by atoms with Crippen molar-refractivity contribution >= 4 is 11.8 Å². The number of hydrogen-bond acceptors (Lipinski definition) is 8. The molecule has 0 radical (unpaired) electrons. The van der Waals surface area contributed by atoms with Crippen LogP contribution in [0.1, 0.15) is 31.4 Å². The number of likely N-dealkylation sites (N-methyl/N-ethyl adjacent to an activating group) is 1. The van der Waals surface area contributed by atoms with E-state index in [1.165, 1.54) is 0 Å². The number of furan rings is 1. The maximum Gasteiger partial charge on any atom is 0.266 e. The molecular formula is C23H32N6O3.